The van der Waals surface area contributed by atoms with Crippen molar-refractivity contribution in [3.63, 3.8) is 0 Å². The number of furan rings is 1. The second-order valence-electron chi connectivity index (χ2n) is 3.11. The molecule has 0 aliphatic heterocycles. The van der Waals surface area contributed by atoms with E-state index in [2.05, 4.69) is 0 Å². The van der Waals surface area contributed by atoms with Crippen molar-refractivity contribution in [1.29, 1.82) is 0 Å². The average molecular weight is 190 g/mol. The number of rotatable bonds is 2. The van der Waals surface area contributed by atoms with E-state index in [1.54, 1.807) is 13.2 Å². The van der Waals surface area contributed by atoms with Crippen LogP contribution in [0.2, 0.25) is 0 Å². The van der Waals surface area contributed by atoms with E-state index in [1.807, 2.05) is 19.1 Å². The molecule has 2 aromatic rings. The maximum Gasteiger partial charge on any atom is 0.153 e. The number of benzene rings is 1. The Kier molecular flexibility index (Phi) is 2.00. The highest BCUT2D eigenvalue weighted by Crippen LogP contribution is 2.26. The van der Waals surface area contributed by atoms with Crippen molar-refractivity contribution in [1.82, 2.24) is 0 Å². The van der Waals surface area contributed by atoms with Crippen LogP contribution in [0.1, 0.15) is 16.1 Å². The molecule has 0 fully saturated rings. The summed E-state index contributed by atoms with van der Waals surface area (Å²) in [7, 11) is 1.57. The molecule has 0 unspecified atom stereocenters. The average Bonchev–Trinajstić information content (AvgIpc) is 2.56. The number of hydrogen-bond donors (Lipinski definition) is 0. The van der Waals surface area contributed by atoms with Gasteiger partial charge in [0.15, 0.2) is 6.29 Å². The van der Waals surface area contributed by atoms with Gasteiger partial charge in [0.2, 0.25) is 0 Å². The third-order valence-electron chi connectivity index (χ3n) is 2.10. The maximum atomic E-state index is 10.8. The summed E-state index contributed by atoms with van der Waals surface area (Å²) < 4.78 is 10.5. The van der Waals surface area contributed by atoms with Crippen LogP contribution in [0.3, 0.4) is 0 Å². The third kappa shape index (κ3) is 1.27. The molecule has 0 spiro atoms. The Bertz CT molecular complexity index is 482. The fourth-order valence-corrected chi connectivity index (χ4v) is 1.49. The number of carbonyl (C=O) groups excluding carboxylic acids is 1. The fraction of sp³-hybridized carbons (Fsp3) is 0.182. The third-order valence-corrected chi connectivity index (χ3v) is 2.10. The van der Waals surface area contributed by atoms with Crippen molar-refractivity contribution < 1.29 is 13.9 Å². The van der Waals surface area contributed by atoms with Crippen LogP contribution >= 0.6 is 0 Å². The van der Waals surface area contributed by atoms with E-state index >= 15 is 0 Å². The maximum absolute atomic E-state index is 10.8. The van der Waals surface area contributed by atoms with E-state index in [-0.39, 0.29) is 0 Å². The number of methoxy groups -OCH3 is 1. The lowest BCUT2D eigenvalue weighted by molar-refractivity contribution is 0.112. The van der Waals surface area contributed by atoms with Gasteiger partial charge in [-0.05, 0) is 25.1 Å². The van der Waals surface area contributed by atoms with E-state index in [9.17, 15) is 4.79 Å². The highest BCUT2D eigenvalue weighted by Gasteiger charge is 2.08. The molecule has 72 valence electrons. The fourth-order valence-electron chi connectivity index (χ4n) is 1.49. The number of carbonyl (C=O) groups is 1. The molecule has 3 nitrogen and oxygen atoms in total. The van der Waals surface area contributed by atoms with Crippen LogP contribution in [0, 0.1) is 6.92 Å². The largest absolute Gasteiger partial charge is 0.497 e. The van der Waals surface area contributed by atoms with E-state index in [1.165, 1.54) is 0 Å². The molecule has 1 aromatic heterocycles. The van der Waals surface area contributed by atoms with Crippen LogP contribution in [0.25, 0.3) is 11.0 Å². The van der Waals surface area contributed by atoms with Gasteiger partial charge in [-0.2, -0.15) is 0 Å². The highest BCUT2D eigenvalue weighted by molar-refractivity contribution is 5.96. The monoisotopic (exact) mass is 190 g/mol. The Morgan fingerprint density at radius 1 is 1.36 bits per heavy atom. The lowest BCUT2D eigenvalue weighted by atomic mass is 10.1. The standard InChI is InChI=1S/C11H10O3/c1-7-3-8-4-10(13-2)5-9(6-12)11(8)14-7/h3-6H,1-2H3. The van der Waals surface area contributed by atoms with Gasteiger partial charge in [0.1, 0.15) is 17.1 Å². The van der Waals surface area contributed by atoms with Crippen molar-refractivity contribution in [2.45, 2.75) is 6.92 Å². The molecule has 0 atom stereocenters. The molecule has 0 bridgehead atoms. The molecule has 0 amide bonds. The molecule has 3 heteroatoms. The topological polar surface area (TPSA) is 39.4 Å². The molecule has 0 aliphatic carbocycles. The number of hydrogen-bond acceptors (Lipinski definition) is 3. The van der Waals surface area contributed by atoms with Gasteiger partial charge in [0.05, 0.1) is 12.7 Å². The number of fused-ring (bicyclic) bond motifs is 1. The van der Waals surface area contributed by atoms with Gasteiger partial charge in [0.25, 0.3) is 0 Å². The Balaban J connectivity index is 2.78. The predicted molar refractivity (Wildman–Crippen MR) is 52.9 cm³/mol. The molecule has 0 aliphatic rings. The van der Waals surface area contributed by atoms with E-state index in [0.717, 1.165) is 17.4 Å². The molecule has 0 N–H and O–H groups in total. The van der Waals surface area contributed by atoms with Crippen LogP contribution < -0.4 is 4.74 Å². The number of ether oxygens (including phenoxy) is 1. The minimum absolute atomic E-state index is 0.521. The molecule has 14 heavy (non-hydrogen) atoms. The molecular formula is C11H10O3. The summed E-state index contributed by atoms with van der Waals surface area (Å²) in [5.74, 6) is 1.46. The van der Waals surface area contributed by atoms with Crippen LogP contribution in [0.5, 0.6) is 5.75 Å². The van der Waals surface area contributed by atoms with Gasteiger partial charge in [-0.3, -0.25) is 4.79 Å². The summed E-state index contributed by atoms with van der Waals surface area (Å²) in [6.07, 6.45) is 0.772. The van der Waals surface area contributed by atoms with Crippen LogP contribution in [0.15, 0.2) is 22.6 Å². The smallest absolute Gasteiger partial charge is 0.153 e. The SMILES string of the molecule is COc1cc(C=O)c2oc(C)cc2c1. The predicted octanol–water partition coefficient (Wildman–Crippen LogP) is 2.56. The van der Waals surface area contributed by atoms with Crippen LogP contribution in [-0.4, -0.2) is 13.4 Å². The molecule has 2 rings (SSSR count). The summed E-state index contributed by atoms with van der Waals surface area (Å²) >= 11 is 0. The van der Waals surface area contributed by atoms with Crippen molar-refractivity contribution in [2.24, 2.45) is 0 Å². The molecule has 1 heterocycles. The molecule has 0 saturated heterocycles. The molecule has 1 aromatic carbocycles. The summed E-state index contributed by atoms with van der Waals surface area (Å²) in [5, 5.41) is 0.893. The minimum Gasteiger partial charge on any atom is -0.497 e. The summed E-state index contributed by atoms with van der Waals surface area (Å²) in [6.45, 7) is 1.85. The first-order chi connectivity index (χ1) is 6.74. The van der Waals surface area contributed by atoms with Crippen molar-refractivity contribution in [3.8, 4) is 5.75 Å². The van der Waals surface area contributed by atoms with Crippen molar-refractivity contribution in [2.75, 3.05) is 7.11 Å². The summed E-state index contributed by atoms with van der Waals surface area (Å²) in [6, 6.07) is 5.39. The Labute approximate surface area is 81.3 Å². The first-order valence-electron chi connectivity index (χ1n) is 4.28. The van der Waals surface area contributed by atoms with Gasteiger partial charge < -0.3 is 9.15 Å². The zero-order valence-electron chi connectivity index (χ0n) is 8.03. The lowest BCUT2D eigenvalue weighted by Crippen LogP contribution is -1.86. The van der Waals surface area contributed by atoms with Gasteiger partial charge in [-0.1, -0.05) is 0 Å². The molecular weight excluding hydrogens is 180 g/mol. The van der Waals surface area contributed by atoms with E-state index < -0.39 is 0 Å². The van der Waals surface area contributed by atoms with E-state index in [4.69, 9.17) is 9.15 Å². The van der Waals surface area contributed by atoms with Crippen LogP contribution in [-0.2, 0) is 0 Å². The highest BCUT2D eigenvalue weighted by atomic mass is 16.5. The first-order valence-corrected chi connectivity index (χ1v) is 4.28. The Morgan fingerprint density at radius 3 is 2.79 bits per heavy atom. The summed E-state index contributed by atoms with van der Waals surface area (Å²) in [5.41, 5.74) is 1.14. The zero-order valence-corrected chi connectivity index (χ0v) is 8.03. The van der Waals surface area contributed by atoms with Crippen LogP contribution in [0.4, 0.5) is 0 Å². The molecule has 0 saturated carbocycles. The first kappa shape index (κ1) is 8.81. The van der Waals surface area contributed by atoms with Crippen molar-refractivity contribution in [3.05, 3.63) is 29.5 Å². The quantitative estimate of drug-likeness (QED) is 0.683. The summed E-state index contributed by atoms with van der Waals surface area (Å²) in [4.78, 5) is 10.8. The van der Waals surface area contributed by atoms with Gasteiger partial charge in [0, 0.05) is 5.39 Å². The van der Waals surface area contributed by atoms with Gasteiger partial charge in [-0.15, -0.1) is 0 Å². The van der Waals surface area contributed by atoms with E-state index in [0.29, 0.717) is 16.9 Å². The Hall–Kier alpha value is -1.77. The molecule has 0 radical (unpaired) electrons. The zero-order chi connectivity index (χ0) is 10.1. The number of aldehydes is 1. The second kappa shape index (κ2) is 3.18. The van der Waals surface area contributed by atoms with Crippen molar-refractivity contribution >= 4 is 17.3 Å². The lowest BCUT2D eigenvalue weighted by Gasteiger charge is -2.00. The number of aryl methyl sites for hydroxylation is 1. The van der Waals surface area contributed by atoms with Gasteiger partial charge in [-0.25, -0.2) is 0 Å². The Morgan fingerprint density at radius 2 is 2.14 bits per heavy atom. The normalized spacial score (nSPS) is 10.4. The minimum atomic E-state index is 0.521. The van der Waals surface area contributed by atoms with Gasteiger partial charge >= 0.3 is 0 Å². The second-order valence-corrected chi connectivity index (χ2v) is 3.11.